The fourth-order valence-corrected chi connectivity index (χ4v) is 2.69. The molecule has 25 heavy (non-hydrogen) atoms. The summed E-state index contributed by atoms with van der Waals surface area (Å²) in [6.07, 6.45) is 3.23. The number of likely N-dealkylation sites (N-methyl/N-ethyl adjacent to an activating group) is 1. The van der Waals surface area contributed by atoms with Crippen LogP contribution in [0.4, 0.5) is 11.6 Å². The van der Waals surface area contributed by atoms with E-state index in [0.717, 1.165) is 37.6 Å². The first kappa shape index (κ1) is 17.2. The van der Waals surface area contributed by atoms with Crippen LogP contribution in [-0.4, -0.2) is 60.6 Å². The number of amides is 1. The van der Waals surface area contributed by atoms with E-state index in [9.17, 15) is 4.79 Å². The van der Waals surface area contributed by atoms with Crippen molar-refractivity contribution >= 4 is 17.5 Å². The number of nitrogens with zero attached hydrogens (tertiary/aromatic N) is 4. The molecule has 0 bridgehead atoms. The minimum absolute atomic E-state index is 0.0783. The Morgan fingerprint density at radius 1 is 1.24 bits per heavy atom. The molecule has 3 heterocycles. The molecule has 3 rings (SSSR count). The second-order valence-electron chi connectivity index (χ2n) is 6.15. The first-order chi connectivity index (χ1) is 12.1. The summed E-state index contributed by atoms with van der Waals surface area (Å²) >= 11 is 0. The summed E-state index contributed by atoms with van der Waals surface area (Å²) in [6.45, 7) is 5.86. The number of anilines is 2. The fraction of sp³-hybridized carbons (Fsp3) is 0.389. The minimum atomic E-state index is -0.246. The van der Waals surface area contributed by atoms with Crippen molar-refractivity contribution in [1.29, 1.82) is 0 Å². The summed E-state index contributed by atoms with van der Waals surface area (Å²) in [6, 6.07) is 7.32. The Kier molecular flexibility index (Phi) is 5.45. The average Bonchev–Trinajstić information content (AvgIpc) is 2.63. The van der Waals surface area contributed by atoms with Gasteiger partial charge in [0.1, 0.15) is 17.4 Å². The Hall–Kier alpha value is -2.67. The number of nitrogens with one attached hydrogen (secondary N) is 1. The van der Waals surface area contributed by atoms with Gasteiger partial charge in [-0.1, -0.05) is 6.07 Å². The summed E-state index contributed by atoms with van der Waals surface area (Å²) in [5, 5.41) is 2.80. The zero-order valence-electron chi connectivity index (χ0n) is 14.6. The fourth-order valence-electron chi connectivity index (χ4n) is 2.69. The van der Waals surface area contributed by atoms with Crippen molar-refractivity contribution in [3.8, 4) is 5.75 Å². The van der Waals surface area contributed by atoms with Crippen LogP contribution in [0.1, 0.15) is 5.56 Å². The number of hydrogen-bond donors (Lipinski definition) is 1. The summed E-state index contributed by atoms with van der Waals surface area (Å²) in [5.74, 6) is 1.79. The van der Waals surface area contributed by atoms with E-state index in [0.29, 0.717) is 11.6 Å². The zero-order valence-corrected chi connectivity index (χ0v) is 14.6. The normalized spacial score (nSPS) is 15.0. The van der Waals surface area contributed by atoms with Gasteiger partial charge >= 0.3 is 0 Å². The molecule has 1 saturated heterocycles. The smallest absolute Gasteiger partial charge is 0.263 e. The maximum Gasteiger partial charge on any atom is 0.263 e. The maximum atomic E-state index is 12.1. The molecule has 1 fully saturated rings. The predicted octanol–water partition coefficient (Wildman–Crippen LogP) is 1.55. The lowest BCUT2D eigenvalue weighted by atomic mass is 10.2. The molecular weight excluding hydrogens is 318 g/mol. The largest absolute Gasteiger partial charge is 0.482 e. The molecule has 0 aliphatic carbocycles. The highest BCUT2D eigenvalue weighted by molar-refractivity contribution is 5.91. The molecule has 1 aliphatic heterocycles. The average molecular weight is 341 g/mol. The molecule has 2 aromatic rings. The number of pyridine rings is 2. The molecule has 0 atom stereocenters. The highest BCUT2D eigenvalue weighted by atomic mass is 16.5. The maximum absolute atomic E-state index is 12.1. The van der Waals surface area contributed by atoms with Gasteiger partial charge in [0.05, 0.1) is 6.20 Å². The molecule has 0 unspecified atom stereocenters. The van der Waals surface area contributed by atoms with Crippen molar-refractivity contribution in [3.63, 3.8) is 0 Å². The Morgan fingerprint density at radius 2 is 2.04 bits per heavy atom. The third kappa shape index (κ3) is 4.67. The summed E-state index contributed by atoms with van der Waals surface area (Å²) in [7, 11) is 2.12. The van der Waals surface area contributed by atoms with Crippen molar-refractivity contribution in [1.82, 2.24) is 14.9 Å². The van der Waals surface area contributed by atoms with Gasteiger partial charge in [0.15, 0.2) is 6.61 Å². The Balaban J connectivity index is 1.60. The third-order valence-electron chi connectivity index (χ3n) is 4.14. The lowest BCUT2D eigenvalue weighted by Crippen LogP contribution is -2.45. The first-order valence-corrected chi connectivity index (χ1v) is 8.35. The minimum Gasteiger partial charge on any atom is -0.482 e. The summed E-state index contributed by atoms with van der Waals surface area (Å²) < 4.78 is 5.40. The third-order valence-corrected chi connectivity index (χ3v) is 4.14. The van der Waals surface area contributed by atoms with E-state index in [4.69, 9.17) is 4.74 Å². The van der Waals surface area contributed by atoms with E-state index in [2.05, 4.69) is 32.1 Å². The highest BCUT2D eigenvalue weighted by Gasteiger charge is 2.17. The van der Waals surface area contributed by atoms with Gasteiger partial charge in [-0.15, -0.1) is 0 Å². The lowest BCUT2D eigenvalue weighted by Gasteiger charge is -2.34. The van der Waals surface area contributed by atoms with Crippen LogP contribution in [0.25, 0.3) is 0 Å². The van der Waals surface area contributed by atoms with Gasteiger partial charge in [-0.05, 0) is 37.7 Å². The van der Waals surface area contributed by atoms with Crippen LogP contribution in [0.2, 0.25) is 0 Å². The van der Waals surface area contributed by atoms with E-state index in [1.807, 2.05) is 19.1 Å². The monoisotopic (exact) mass is 341 g/mol. The van der Waals surface area contributed by atoms with E-state index < -0.39 is 0 Å². The molecule has 7 heteroatoms. The summed E-state index contributed by atoms with van der Waals surface area (Å²) in [5.41, 5.74) is 1.11. The molecule has 0 aromatic carbocycles. The lowest BCUT2D eigenvalue weighted by molar-refractivity contribution is -0.118. The number of aromatic nitrogens is 2. The summed E-state index contributed by atoms with van der Waals surface area (Å²) in [4.78, 5) is 25.2. The number of carbonyl (C=O) groups excluding carboxylic acids is 1. The number of carbonyl (C=O) groups is 1. The van der Waals surface area contributed by atoms with Crippen LogP contribution in [-0.2, 0) is 4.79 Å². The quantitative estimate of drug-likeness (QED) is 0.890. The van der Waals surface area contributed by atoms with E-state index in [-0.39, 0.29) is 12.5 Å². The SMILES string of the molecule is Cc1ccc(NC(=O)COc2cccnc2)nc1N1CCN(C)CC1. The van der Waals surface area contributed by atoms with Gasteiger partial charge in [0.2, 0.25) is 0 Å². The van der Waals surface area contributed by atoms with Gasteiger partial charge in [-0.25, -0.2) is 4.98 Å². The Bertz CT molecular complexity index is 715. The van der Waals surface area contributed by atoms with Gasteiger partial charge in [0.25, 0.3) is 5.91 Å². The van der Waals surface area contributed by atoms with Crippen LogP contribution < -0.4 is 15.0 Å². The Labute approximate surface area is 147 Å². The van der Waals surface area contributed by atoms with Crippen molar-refractivity contribution in [2.75, 3.05) is 50.1 Å². The van der Waals surface area contributed by atoms with Gasteiger partial charge in [0, 0.05) is 32.4 Å². The van der Waals surface area contributed by atoms with Crippen molar-refractivity contribution in [2.45, 2.75) is 6.92 Å². The Morgan fingerprint density at radius 3 is 2.76 bits per heavy atom. The first-order valence-electron chi connectivity index (χ1n) is 8.35. The number of ether oxygens (including phenoxy) is 1. The van der Waals surface area contributed by atoms with Gasteiger partial charge in [-0.3, -0.25) is 9.78 Å². The molecule has 132 valence electrons. The van der Waals surface area contributed by atoms with Crippen LogP contribution in [0.5, 0.6) is 5.75 Å². The van der Waals surface area contributed by atoms with Gasteiger partial charge < -0.3 is 19.9 Å². The molecule has 0 radical (unpaired) electrons. The second kappa shape index (κ2) is 7.94. The van der Waals surface area contributed by atoms with Crippen LogP contribution in [0.15, 0.2) is 36.7 Å². The topological polar surface area (TPSA) is 70.6 Å². The van der Waals surface area contributed by atoms with Gasteiger partial charge in [-0.2, -0.15) is 0 Å². The van der Waals surface area contributed by atoms with Crippen LogP contribution in [0.3, 0.4) is 0 Å². The van der Waals surface area contributed by atoms with Crippen molar-refractivity contribution < 1.29 is 9.53 Å². The number of piperazine rings is 1. The molecular formula is C18H23N5O2. The van der Waals surface area contributed by atoms with Crippen molar-refractivity contribution in [2.24, 2.45) is 0 Å². The second-order valence-corrected chi connectivity index (χ2v) is 6.15. The van der Waals surface area contributed by atoms with E-state index in [1.54, 1.807) is 24.5 Å². The molecule has 2 aromatic heterocycles. The van der Waals surface area contributed by atoms with Crippen molar-refractivity contribution in [3.05, 3.63) is 42.2 Å². The molecule has 7 nitrogen and oxygen atoms in total. The number of rotatable bonds is 5. The molecule has 0 spiro atoms. The standard InChI is InChI=1S/C18H23N5O2/c1-14-5-6-16(21-18(14)23-10-8-22(2)9-11-23)20-17(24)13-25-15-4-3-7-19-12-15/h3-7,12H,8-11,13H2,1-2H3,(H,20,21,24). The highest BCUT2D eigenvalue weighted by Crippen LogP contribution is 2.21. The van der Waals surface area contributed by atoms with Crippen LogP contribution in [0, 0.1) is 6.92 Å². The molecule has 1 N–H and O–H groups in total. The van der Waals surface area contributed by atoms with Crippen LogP contribution >= 0.6 is 0 Å². The molecule has 1 aliphatic rings. The van der Waals surface area contributed by atoms with E-state index in [1.165, 1.54) is 0 Å². The number of hydrogen-bond acceptors (Lipinski definition) is 6. The predicted molar refractivity (Wildman–Crippen MR) is 97.0 cm³/mol. The molecule has 1 amide bonds. The van der Waals surface area contributed by atoms with E-state index >= 15 is 0 Å². The zero-order chi connectivity index (χ0) is 17.6. The molecule has 0 saturated carbocycles. The number of aryl methyl sites for hydroxylation is 1.